The van der Waals surface area contributed by atoms with E-state index in [0.29, 0.717) is 55.2 Å². The number of thiazole rings is 1. The van der Waals surface area contributed by atoms with E-state index in [2.05, 4.69) is 10.2 Å². The number of fused-ring (bicyclic) bond motifs is 1. The Bertz CT molecular complexity index is 1400. The largest absolute Gasteiger partial charge is 0.496 e. The summed E-state index contributed by atoms with van der Waals surface area (Å²) in [5.74, 6) is 3.14. The molecule has 0 N–H and O–H groups in total. The molecule has 0 atom stereocenters. The lowest BCUT2D eigenvalue weighted by Gasteiger charge is -2.11. The Balaban J connectivity index is 1.88. The molecule has 0 bridgehead atoms. The maximum Gasteiger partial charge on any atom is 0.276 e. The van der Waals surface area contributed by atoms with E-state index in [1.54, 1.807) is 72.0 Å². The smallest absolute Gasteiger partial charge is 0.276 e. The fraction of sp³-hybridized carbons (Fsp3) is 0.227. The Morgan fingerprint density at radius 3 is 2.06 bits per heavy atom. The molecule has 0 aliphatic heterocycles. The van der Waals surface area contributed by atoms with Gasteiger partial charge in [-0.2, -0.15) is 0 Å². The van der Waals surface area contributed by atoms with Crippen LogP contribution in [0.3, 0.4) is 0 Å². The molecule has 32 heavy (non-hydrogen) atoms. The highest BCUT2D eigenvalue weighted by atomic mass is 32.1. The molecule has 0 aliphatic rings. The standard InChI is InChI=1S/C22H21N3O6S/c1-27-14-7-6-12(8-16(14)29-3)20-23-24-22-25(20)21(26)19(32-22)10-13-9-17(30-4)18(31-5)11-15(13)28-2/h6-11H,1-5H3/b19-10-. The molecule has 10 heteroatoms. The minimum Gasteiger partial charge on any atom is -0.496 e. The molecular formula is C22H21N3O6S. The first-order valence-electron chi connectivity index (χ1n) is 9.46. The third-order valence-corrected chi connectivity index (χ3v) is 5.87. The van der Waals surface area contributed by atoms with Gasteiger partial charge in [-0.25, -0.2) is 4.40 Å². The van der Waals surface area contributed by atoms with Crippen LogP contribution in [0.25, 0.3) is 22.4 Å². The summed E-state index contributed by atoms with van der Waals surface area (Å²) in [4.78, 5) is 13.7. The molecule has 0 spiro atoms. The molecule has 0 saturated heterocycles. The average Bonchev–Trinajstić information content (AvgIpc) is 3.38. The van der Waals surface area contributed by atoms with Gasteiger partial charge in [-0.05, 0) is 30.3 Å². The van der Waals surface area contributed by atoms with Crippen molar-refractivity contribution >= 4 is 22.4 Å². The van der Waals surface area contributed by atoms with Gasteiger partial charge in [-0.3, -0.25) is 4.79 Å². The van der Waals surface area contributed by atoms with Crippen molar-refractivity contribution in [2.75, 3.05) is 35.5 Å². The van der Waals surface area contributed by atoms with E-state index in [0.717, 1.165) is 0 Å². The molecule has 0 radical (unpaired) electrons. The first-order chi connectivity index (χ1) is 15.5. The summed E-state index contributed by atoms with van der Waals surface area (Å²) in [6, 6.07) is 8.79. The van der Waals surface area contributed by atoms with Gasteiger partial charge >= 0.3 is 0 Å². The quantitative estimate of drug-likeness (QED) is 0.420. The van der Waals surface area contributed by atoms with Crippen LogP contribution in [0.5, 0.6) is 28.7 Å². The van der Waals surface area contributed by atoms with Crippen LogP contribution in [0.2, 0.25) is 0 Å². The molecule has 0 amide bonds. The van der Waals surface area contributed by atoms with Crippen LogP contribution in [0.1, 0.15) is 5.56 Å². The first-order valence-corrected chi connectivity index (χ1v) is 10.3. The predicted octanol–water partition coefficient (Wildman–Crippen LogP) is 2.41. The molecule has 9 nitrogen and oxygen atoms in total. The Morgan fingerprint density at radius 1 is 0.781 bits per heavy atom. The van der Waals surface area contributed by atoms with Gasteiger partial charge in [-0.15, -0.1) is 10.2 Å². The Kier molecular flexibility index (Phi) is 5.87. The second kappa shape index (κ2) is 8.75. The highest BCUT2D eigenvalue weighted by molar-refractivity contribution is 7.15. The number of hydrogen-bond acceptors (Lipinski definition) is 9. The zero-order valence-corrected chi connectivity index (χ0v) is 19.0. The van der Waals surface area contributed by atoms with Crippen LogP contribution in [0, 0.1) is 0 Å². The summed E-state index contributed by atoms with van der Waals surface area (Å²) in [6.07, 6.45) is 1.74. The van der Waals surface area contributed by atoms with E-state index in [9.17, 15) is 4.79 Å². The number of methoxy groups -OCH3 is 5. The lowest BCUT2D eigenvalue weighted by Crippen LogP contribution is -2.23. The van der Waals surface area contributed by atoms with Gasteiger partial charge in [0.25, 0.3) is 5.56 Å². The molecule has 4 rings (SSSR count). The predicted molar refractivity (Wildman–Crippen MR) is 121 cm³/mol. The minimum absolute atomic E-state index is 0.239. The second-order valence-corrected chi connectivity index (χ2v) is 7.59. The first kappa shape index (κ1) is 21.4. The van der Waals surface area contributed by atoms with Gasteiger partial charge in [0.15, 0.2) is 28.8 Å². The Labute approximate surface area is 187 Å². The Hall–Kier alpha value is -3.79. The fourth-order valence-electron chi connectivity index (χ4n) is 3.33. The summed E-state index contributed by atoms with van der Waals surface area (Å²) in [7, 11) is 7.76. The number of ether oxygens (including phenoxy) is 5. The van der Waals surface area contributed by atoms with Gasteiger partial charge < -0.3 is 23.7 Å². The topological polar surface area (TPSA) is 93.4 Å². The molecule has 2 aromatic carbocycles. The molecular weight excluding hydrogens is 434 g/mol. The van der Waals surface area contributed by atoms with E-state index < -0.39 is 0 Å². The molecule has 2 aromatic heterocycles. The van der Waals surface area contributed by atoms with E-state index in [1.807, 2.05) is 0 Å². The third-order valence-electron chi connectivity index (χ3n) is 4.91. The van der Waals surface area contributed by atoms with Crippen LogP contribution >= 0.6 is 11.3 Å². The van der Waals surface area contributed by atoms with Crippen molar-refractivity contribution in [2.24, 2.45) is 0 Å². The van der Waals surface area contributed by atoms with Gasteiger partial charge in [0.1, 0.15) is 5.75 Å². The van der Waals surface area contributed by atoms with Crippen LogP contribution in [0.15, 0.2) is 35.1 Å². The number of rotatable bonds is 7. The summed E-state index contributed by atoms with van der Waals surface area (Å²) >= 11 is 1.23. The lowest BCUT2D eigenvalue weighted by atomic mass is 10.1. The highest BCUT2D eigenvalue weighted by Gasteiger charge is 2.17. The fourth-order valence-corrected chi connectivity index (χ4v) is 4.24. The number of aromatic nitrogens is 3. The van der Waals surface area contributed by atoms with Gasteiger partial charge in [0.05, 0.1) is 40.1 Å². The summed E-state index contributed by atoms with van der Waals surface area (Å²) < 4.78 is 28.8. The highest BCUT2D eigenvalue weighted by Crippen LogP contribution is 2.35. The van der Waals surface area contributed by atoms with E-state index in [1.165, 1.54) is 15.7 Å². The maximum atomic E-state index is 13.3. The molecule has 0 unspecified atom stereocenters. The van der Waals surface area contributed by atoms with Crippen LogP contribution in [-0.2, 0) is 0 Å². The van der Waals surface area contributed by atoms with E-state index >= 15 is 0 Å². The number of benzene rings is 2. The molecule has 0 saturated carbocycles. The van der Waals surface area contributed by atoms with Crippen molar-refractivity contribution in [1.82, 2.24) is 14.6 Å². The molecule has 166 valence electrons. The molecule has 0 fully saturated rings. The van der Waals surface area contributed by atoms with E-state index in [-0.39, 0.29) is 5.56 Å². The van der Waals surface area contributed by atoms with Crippen LogP contribution < -0.4 is 33.8 Å². The average molecular weight is 455 g/mol. The zero-order chi connectivity index (χ0) is 22.8. The summed E-state index contributed by atoms with van der Waals surface area (Å²) in [5, 5.41) is 8.38. The molecule has 0 aliphatic carbocycles. The molecule has 2 heterocycles. The lowest BCUT2D eigenvalue weighted by molar-refractivity contribution is 0.348. The zero-order valence-electron chi connectivity index (χ0n) is 18.2. The third kappa shape index (κ3) is 3.58. The normalized spacial score (nSPS) is 11.6. The van der Waals surface area contributed by atoms with Gasteiger partial charge in [0, 0.05) is 17.2 Å². The Morgan fingerprint density at radius 2 is 1.41 bits per heavy atom. The van der Waals surface area contributed by atoms with Crippen molar-refractivity contribution in [3.05, 3.63) is 50.8 Å². The summed E-state index contributed by atoms with van der Waals surface area (Å²) in [5.41, 5.74) is 1.12. The van der Waals surface area contributed by atoms with Crippen molar-refractivity contribution in [2.45, 2.75) is 0 Å². The molecule has 4 aromatic rings. The van der Waals surface area contributed by atoms with Crippen molar-refractivity contribution in [3.8, 4) is 40.1 Å². The second-order valence-electron chi connectivity index (χ2n) is 6.58. The monoisotopic (exact) mass is 455 g/mol. The van der Waals surface area contributed by atoms with E-state index in [4.69, 9.17) is 23.7 Å². The van der Waals surface area contributed by atoms with Gasteiger partial charge in [0.2, 0.25) is 4.96 Å². The number of nitrogens with zero attached hydrogens (tertiary/aromatic N) is 3. The van der Waals surface area contributed by atoms with Crippen molar-refractivity contribution < 1.29 is 23.7 Å². The SMILES string of the molecule is COc1cc(OC)c(OC)cc1/C=c1\sc2nnc(-c3ccc(OC)c(OC)c3)n2c1=O. The minimum atomic E-state index is -0.239. The van der Waals surface area contributed by atoms with Crippen LogP contribution in [0.4, 0.5) is 0 Å². The maximum absolute atomic E-state index is 13.3. The van der Waals surface area contributed by atoms with Crippen molar-refractivity contribution in [3.63, 3.8) is 0 Å². The van der Waals surface area contributed by atoms with Crippen LogP contribution in [-0.4, -0.2) is 50.1 Å². The van der Waals surface area contributed by atoms with Gasteiger partial charge in [-0.1, -0.05) is 11.3 Å². The number of hydrogen-bond donors (Lipinski definition) is 0. The summed E-state index contributed by atoms with van der Waals surface area (Å²) in [6.45, 7) is 0. The van der Waals surface area contributed by atoms with Crippen molar-refractivity contribution in [1.29, 1.82) is 0 Å².